The van der Waals surface area contributed by atoms with E-state index in [-0.39, 0.29) is 23.7 Å². The predicted octanol–water partition coefficient (Wildman–Crippen LogP) is 4.14. The summed E-state index contributed by atoms with van der Waals surface area (Å²) in [6.07, 6.45) is 5.84. The van der Waals surface area contributed by atoms with E-state index >= 15 is 0 Å². The molecule has 25 heavy (non-hydrogen) atoms. The van der Waals surface area contributed by atoms with Crippen LogP contribution in [0.2, 0.25) is 0 Å². The molecule has 1 aliphatic heterocycles. The molecule has 128 valence electrons. The standard InChI is InChI=1S/C22H23NO2/c24-21(16-10-4-1-5-11-16)19-20(22(25)17-12-6-2-7-13-17)23(19)18-14-8-3-9-15-18/h1-2,4-7,10-13,18-20H,3,8-9,14-15H2/t19-,20+,23?. The van der Waals surface area contributed by atoms with Crippen LogP contribution in [0.15, 0.2) is 60.7 Å². The van der Waals surface area contributed by atoms with E-state index in [2.05, 4.69) is 4.90 Å². The van der Waals surface area contributed by atoms with Gasteiger partial charge in [0, 0.05) is 17.2 Å². The summed E-state index contributed by atoms with van der Waals surface area (Å²) in [6.45, 7) is 0. The summed E-state index contributed by atoms with van der Waals surface area (Å²) in [6, 6.07) is 18.5. The van der Waals surface area contributed by atoms with Gasteiger partial charge in [-0.1, -0.05) is 79.9 Å². The number of Topliss-reactive ketones (excluding diaryl/α,β-unsaturated/α-hetero) is 2. The van der Waals surface area contributed by atoms with Crippen LogP contribution in [0.4, 0.5) is 0 Å². The molecule has 0 spiro atoms. The van der Waals surface area contributed by atoms with Crippen molar-refractivity contribution in [3.8, 4) is 0 Å². The largest absolute Gasteiger partial charge is 0.292 e. The van der Waals surface area contributed by atoms with E-state index in [9.17, 15) is 9.59 Å². The molecule has 3 atom stereocenters. The lowest BCUT2D eigenvalue weighted by atomic mass is 9.95. The zero-order valence-corrected chi connectivity index (χ0v) is 14.3. The van der Waals surface area contributed by atoms with Gasteiger partial charge in [-0.3, -0.25) is 14.5 Å². The van der Waals surface area contributed by atoms with E-state index in [0.29, 0.717) is 17.2 Å². The second-order valence-corrected chi connectivity index (χ2v) is 7.09. The molecule has 4 rings (SSSR count). The van der Waals surface area contributed by atoms with Gasteiger partial charge in [-0.15, -0.1) is 0 Å². The summed E-state index contributed by atoms with van der Waals surface area (Å²) in [7, 11) is 0. The zero-order valence-electron chi connectivity index (χ0n) is 14.3. The molecule has 1 aliphatic carbocycles. The summed E-state index contributed by atoms with van der Waals surface area (Å²) < 4.78 is 0. The lowest BCUT2D eigenvalue weighted by Gasteiger charge is -2.23. The summed E-state index contributed by atoms with van der Waals surface area (Å²) in [5.41, 5.74) is 1.41. The second kappa shape index (κ2) is 6.93. The molecule has 1 saturated carbocycles. The fourth-order valence-electron chi connectivity index (χ4n) is 4.19. The van der Waals surface area contributed by atoms with Crippen LogP contribution in [0.1, 0.15) is 52.8 Å². The summed E-state index contributed by atoms with van der Waals surface area (Å²) in [5, 5.41) is 0. The Bertz CT molecular complexity index is 693. The third-order valence-corrected chi connectivity index (χ3v) is 5.50. The molecule has 2 fully saturated rings. The van der Waals surface area contributed by atoms with Gasteiger partial charge in [0.25, 0.3) is 0 Å². The molecule has 1 saturated heterocycles. The number of rotatable bonds is 5. The van der Waals surface area contributed by atoms with Crippen LogP contribution in [-0.2, 0) is 0 Å². The molecule has 3 nitrogen and oxygen atoms in total. The number of benzene rings is 2. The van der Waals surface area contributed by atoms with E-state index < -0.39 is 0 Å². The van der Waals surface area contributed by atoms with Crippen LogP contribution in [0.5, 0.6) is 0 Å². The highest BCUT2D eigenvalue weighted by Crippen LogP contribution is 2.40. The Hall–Kier alpha value is -2.26. The highest BCUT2D eigenvalue weighted by molar-refractivity contribution is 6.12. The van der Waals surface area contributed by atoms with Crippen molar-refractivity contribution >= 4 is 11.6 Å². The van der Waals surface area contributed by atoms with Gasteiger partial charge in [0.15, 0.2) is 11.6 Å². The fraction of sp³-hybridized carbons (Fsp3) is 0.364. The normalized spacial score (nSPS) is 26.2. The maximum Gasteiger partial charge on any atom is 0.182 e. The van der Waals surface area contributed by atoms with Crippen molar-refractivity contribution in [1.29, 1.82) is 0 Å². The average Bonchev–Trinajstić information content (AvgIpc) is 3.44. The molecule has 0 N–H and O–H groups in total. The molecule has 1 heterocycles. The Morgan fingerprint density at radius 1 is 0.680 bits per heavy atom. The number of hydrogen-bond donors (Lipinski definition) is 0. The molecule has 2 aromatic carbocycles. The van der Waals surface area contributed by atoms with E-state index in [0.717, 1.165) is 12.8 Å². The predicted molar refractivity (Wildman–Crippen MR) is 97.8 cm³/mol. The van der Waals surface area contributed by atoms with Crippen LogP contribution in [-0.4, -0.2) is 34.6 Å². The summed E-state index contributed by atoms with van der Waals surface area (Å²) in [4.78, 5) is 28.2. The minimum Gasteiger partial charge on any atom is -0.292 e. The van der Waals surface area contributed by atoms with Crippen molar-refractivity contribution in [3.05, 3.63) is 71.8 Å². The molecular weight excluding hydrogens is 310 g/mol. The van der Waals surface area contributed by atoms with Crippen molar-refractivity contribution in [1.82, 2.24) is 4.90 Å². The molecule has 0 bridgehead atoms. The van der Waals surface area contributed by atoms with E-state index in [1.165, 1.54) is 19.3 Å². The van der Waals surface area contributed by atoms with Gasteiger partial charge < -0.3 is 0 Å². The van der Waals surface area contributed by atoms with Crippen LogP contribution >= 0.6 is 0 Å². The molecule has 2 aromatic rings. The fourth-order valence-corrected chi connectivity index (χ4v) is 4.19. The van der Waals surface area contributed by atoms with Crippen molar-refractivity contribution in [2.45, 2.75) is 50.2 Å². The van der Waals surface area contributed by atoms with Crippen LogP contribution in [0.25, 0.3) is 0 Å². The molecule has 0 amide bonds. The topological polar surface area (TPSA) is 37.1 Å². The summed E-state index contributed by atoms with van der Waals surface area (Å²) >= 11 is 0. The lowest BCUT2D eigenvalue weighted by Crippen LogP contribution is -2.27. The number of nitrogens with zero attached hydrogens (tertiary/aromatic N) is 1. The zero-order chi connectivity index (χ0) is 17.2. The van der Waals surface area contributed by atoms with Crippen LogP contribution < -0.4 is 0 Å². The first-order valence-corrected chi connectivity index (χ1v) is 9.23. The third kappa shape index (κ3) is 3.16. The van der Waals surface area contributed by atoms with Gasteiger partial charge in [0.2, 0.25) is 0 Å². The van der Waals surface area contributed by atoms with Gasteiger partial charge in [0.1, 0.15) is 0 Å². The molecule has 0 aromatic heterocycles. The molecule has 0 radical (unpaired) electrons. The van der Waals surface area contributed by atoms with Gasteiger partial charge in [-0.05, 0) is 12.8 Å². The first-order valence-electron chi connectivity index (χ1n) is 9.23. The maximum atomic E-state index is 13.0. The number of carbonyl (C=O) groups excluding carboxylic acids is 2. The van der Waals surface area contributed by atoms with Gasteiger partial charge in [-0.2, -0.15) is 0 Å². The molecule has 1 unspecified atom stereocenters. The summed E-state index contributed by atoms with van der Waals surface area (Å²) in [5.74, 6) is 0.168. The Kier molecular flexibility index (Phi) is 4.50. The Balaban J connectivity index is 1.60. The minimum atomic E-state index is -0.293. The Labute approximate surface area is 148 Å². The van der Waals surface area contributed by atoms with Crippen LogP contribution in [0, 0.1) is 0 Å². The third-order valence-electron chi connectivity index (χ3n) is 5.50. The Morgan fingerprint density at radius 2 is 1.12 bits per heavy atom. The average molecular weight is 333 g/mol. The smallest absolute Gasteiger partial charge is 0.182 e. The van der Waals surface area contributed by atoms with Crippen molar-refractivity contribution < 1.29 is 9.59 Å². The Morgan fingerprint density at radius 3 is 1.56 bits per heavy atom. The van der Waals surface area contributed by atoms with Gasteiger partial charge in [0.05, 0.1) is 12.1 Å². The van der Waals surface area contributed by atoms with Gasteiger partial charge >= 0.3 is 0 Å². The highest BCUT2D eigenvalue weighted by atomic mass is 16.1. The second-order valence-electron chi connectivity index (χ2n) is 7.09. The minimum absolute atomic E-state index is 0.0838. The van der Waals surface area contributed by atoms with E-state index in [4.69, 9.17) is 0 Å². The van der Waals surface area contributed by atoms with Crippen molar-refractivity contribution in [3.63, 3.8) is 0 Å². The van der Waals surface area contributed by atoms with E-state index in [1.807, 2.05) is 60.7 Å². The maximum absolute atomic E-state index is 13.0. The highest BCUT2D eigenvalue weighted by Gasteiger charge is 2.59. The molecule has 3 heteroatoms. The molecular formula is C22H23NO2. The SMILES string of the molecule is O=C(c1ccccc1)[C@@H]1[C@H](C(=O)c2ccccc2)N1C1CCCCC1. The van der Waals surface area contributed by atoms with Gasteiger partial charge in [-0.25, -0.2) is 0 Å². The van der Waals surface area contributed by atoms with Crippen LogP contribution in [0.3, 0.4) is 0 Å². The number of carbonyl (C=O) groups is 2. The monoisotopic (exact) mass is 333 g/mol. The first-order chi connectivity index (χ1) is 12.3. The van der Waals surface area contributed by atoms with Crippen molar-refractivity contribution in [2.75, 3.05) is 0 Å². The molecule has 2 aliphatic rings. The number of ketones is 2. The van der Waals surface area contributed by atoms with Crippen molar-refractivity contribution in [2.24, 2.45) is 0 Å². The first kappa shape index (κ1) is 16.2. The number of hydrogen-bond acceptors (Lipinski definition) is 3. The van der Waals surface area contributed by atoms with E-state index in [1.54, 1.807) is 0 Å². The lowest BCUT2D eigenvalue weighted by molar-refractivity contribution is 0.0948. The quantitative estimate of drug-likeness (QED) is 0.610.